The van der Waals surface area contributed by atoms with E-state index in [0.29, 0.717) is 11.8 Å². The molecule has 0 aliphatic heterocycles. The lowest BCUT2D eigenvalue weighted by Gasteiger charge is -2.01. The zero-order chi connectivity index (χ0) is 9.52. The van der Waals surface area contributed by atoms with Gasteiger partial charge in [-0.25, -0.2) is 0 Å². The maximum atomic E-state index is 5.75. The van der Waals surface area contributed by atoms with Crippen LogP contribution < -0.4 is 0 Å². The Balaban J connectivity index is 2.62. The zero-order valence-electron chi connectivity index (χ0n) is 7.04. The number of thioether (sulfide) groups is 1. The summed E-state index contributed by atoms with van der Waals surface area (Å²) >= 11 is 13.0. The molecule has 0 unspecified atom stereocenters. The predicted octanol–water partition coefficient (Wildman–Crippen LogP) is 4.14. The molecule has 0 radical (unpaired) electrons. The maximum Gasteiger partial charge on any atom is 0.0534 e. The summed E-state index contributed by atoms with van der Waals surface area (Å²) in [4.78, 5) is 2.29. The molecule has 0 nitrogen and oxygen atoms in total. The molecular weight excluding hydrogens is 223 g/mol. The van der Waals surface area contributed by atoms with Crippen LogP contribution in [0.2, 0.25) is 0 Å². The molecule has 0 spiro atoms. The van der Waals surface area contributed by atoms with Gasteiger partial charge in [0, 0.05) is 15.7 Å². The molecule has 1 aromatic rings. The topological polar surface area (TPSA) is 0 Å². The van der Waals surface area contributed by atoms with Gasteiger partial charge in [-0.2, -0.15) is 0 Å². The Labute approximate surface area is 92.9 Å². The van der Waals surface area contributed by atoms with Crippen LogP contribution in [0.3, 0.4) is 0 Å². The molecule has 0 aromatic heterocycles. The Morgan fingerprint density at radius 2 is 1.92 bits per heavy atom. The highest BCUT2D eigenvalue weighted by atomic mass is 35.5. The van der Waals surface area contributed by atoms with Crippen LogP contribution >= 0.6 is 35.0 Å². The highest BCUT2D eigenvalue weighted by Crippen LogP contribution is 2.26. The maximum absolute atomic E-state index is 5.75. The first-order valence-corrected chi connectivity index (χ1v) is 5.79. The third-order valence-electron chi connectivity index (χ3n) is 1.43. The normalized spacial score (nSPS) is 11.7. The second-order valence-electron chi connectivity index (χ2n) is 2.37. The summed E-state index contributed by atoms with van der Waals surface area (Å²) in [6.07, 6.45) is 1.94. The molecule has 0 N–H and O–H groups in total. The van der Waals surface area contributed by atoms with Crippen LogP contribution in [0.15, 0.2) is 46.2 Å². The molecule has 0 aliphatic carbocycles. The van der Waals surface area contributed by atoms with E-state index in [-0.39, 0.29) is 0 Å². The number of halogens is 2. The lowest BCUT2D eigenvalue weighted by Crippen LogP contribution is -1.80. The number of hydrogen-bond donors (Lipinski definition) is 0. The minimum Gasteiger partial charge on any atom is -0.122 e. The summed E-state index contributed by atoms with van der Waals surface area (Å²) < 4.78 is 0. The summed E-state index contributed by atoms with van der Waals surface area (Å²) in [7, 11) is 0. The van der Waals surface area contributed by atoms with Crippen LogP contribution in [0.25, 0.3) is 0 Å². The molecule has 3 heteroatoms. The fourth-order valence-corrected chi connectivity index (χ4v) is 2.22. The summed E-state index contributed by atoms with van der Waals surface area (Å²) in [5.74, 6) is 1.04. The molecule has 1 aromatic carbocycles. The van der Waals surface area contributed by atoms with Crippen LogP contribution in [-0.2, 0) is 0 Å². The first-order chi connectivity index (χ1) is 6.36. The van der Waals surface area contributed by atoms with Crippen LogP contribution in [0.4, 0.5) is 0 Å². The molecular formula is C10H10Cl2S. The van der Waals surface area contributed by atoms with E-state index in [1.807, 2.05) is 24.3 Å². The average Bonchev–Trinajstić information content (AvgIpc) is 2.19. The Morgan fingerprint density at radius 3 is 2.46 bits per heavy atom. The molecule has 0 fully saturated rings. The lowest BCUT2D eigenvalue weighted by atomic mass is 10.4. The van der Waals surface area contributed by atoms with Gasteiger partial charge >= 0.3 is 0 Å². The Bertz CT molecular complexity index is 270. The first-order valence-electron chi connectivity index (χ1n) is 3.90. The van der Waals surface area contributed by atoms with Crippen molar-refractivity contribution in [2.24, 2.45) is 0 Å². The van der Waals surface area contributed by atoms with E-state index in [1.54, 1.807) is 11.8 Å². The van der Waals surface area contributed by atoms with Crippen molar-refractivity contribution in [3.63, 3.8) is 0 Å². The number of alkyl halides is 2. The van der Waals surface area contributed by atoms with Crippen molar-refractivity contribution < 1.29 is 0 Å². The van der Waals surface area contributed by atoms with Gasteiger partial charge < -0.3 is 0 Å². The van der Waals surface area contributed by atoms with Crippen molar-refractivity contribution in [2.45, 2.75) is 4.90 Å². The van der Waals surface area contributed by atoms with Gasteiger partial charge in [0.15, 0.2) is 0 Å². The van der Waals surface area contributed by atoms with Crippen molar-refractivity contribution in [3.05, 3.63) is 41.3 Å². The minimum absolute atomic E-state index is 0.516. The third kappa shape index (κ3) is 4.08. The fourth-order valence-electron chi connectivity index (χ4n) is 0.849. The highest BCUT2D eigenvalue weighted by Gasteiger charge is 1.97. The van der Waals surface area contributed by atoms with Crippen molar-refractivity contribution in [1.29, 1.82) is 0 Å². The molecule has 0 saturated heterocycles. The van der Waals surface area contributed by atoms with Gasteiger partial charge in [-0.1, -0.05) is 36.0 Å². The van der Waals surface area contributed by atoms with E-state index in [4.69, 9.17) is 23.2 Å². The predicted molar refractivity (Wildman–Crippen MR) is 61.8 cm³/mol. The summed E-state index contributed by atoms with van der Waals surface area (Å²) in [6.45, 7) is 0. The molecule has 70 valence electrons. The number of allylic oxidation sites excluding steroid dienone is 2. The summed E-state index contributed by atoms with van der Waals surface area (Å²) in [6, 6.07) is 10.1. The molecule has 1 rings (SSSR count). The molecule has 0 atom stereocenters. The van der Waals surface area contributed by atoms with E-state index >= 15 is 0 Å². The minimum atomic E-state index is 0.516. The van der Waals surface area contributed by atoms with Crippen molar-refractivity contribution in [1.82, 2.24) is 0 Å². The quantitative estimate of drug-likeness (QED) is 0.556. The number of hydrogen-bond acceptors (Lipinski definition) is 1. The second-order valence-corrected chi connectivity index (χ2v) is 4.15. The standard InChI is InChI=1S/C10H10Cl2S/c11-7-6-10(8-12)13-9-4-2-1-3-5-9/h1-6H,7-8H2/b10-6-. The number of rotatable bonds is 4. The van der Waals surface area contributed by atoms with Crippen molar-refractivity contribution >= 4 is 35.0 Å². The smallest absolute Gasteiger partial charge is 0.0534 e. The summed E-state index contributed by atoms with van der Waals surface area (Å²) in [5, 5.41) is 0. The van der Waals surface area contributed by atoms with Crippen LogP contribution in [0, 0.1) is 0 Å². The van der Waals surface area contributed by atoms with E-state index in [2.05, 4.69) is 12.1 Å². The third-order valence-corrected chi connectivity index (χ3v) is 3.11. The molecule has 0 saturated carbocycles. The molecule has 0 aliphatic rings. The van der Waals surface area contributed by atoms with Gasteiger partial charge in [0.25, 0.3) is 0 Å². The van der Waals surface area contributed by atoms with Gasteiger partial charge in [0.05, 0.1) is 5.88 Å². The van der Waals surface area contributed by atoms with Gasteiger partial charge in [-0.05, 0) is 12.1 Å². The van der Waals surface area contributed by atoms with E-state index < -0.39 is 0 Å². The van der Waals surface area contributed by atoms with Crippen molar-refractivity contribution in [2.75, 3.05) is 11.8 Å². The van der Waals surface area contributed by atoms with Crippen LogP contribution in [-0.4, -0.2) is 11.8 Å². The summed E-state index contributed by atoms with van der Waals surface area (Å²) in [5.41, 5.74) is 0. The zero-order valence-corrected chi connectivity index (χ0v) is 9.37. The Hall–Kier alpha value is -0.110. The molecule has 13 heavy (non-hydrogen) atoms. The van der Waals surface area contributed by atoms with E-state index in [0.717, 1.165) is 4.91 Å². The lowest BCUT2D eigenvalue weighted by molar-refractivity contribution is 1.46. The largest absolute Gasteiger partial charge is 0.122 e. The average molecular weight is 233 g/mol. The van der Waals surface area contributed by atoms with Crippen LogP contribution in [0.5, 0.6) is 0 Å². The monoisotopic (exact) mass is 232 g/mol. The van der Waals surface area contributed by atoms with E-state index in [1.165, 1.54) is 4.90 Å². The van der Waals surface area contributed by atoms with Gasteiger partial charge in [-0.15, -0.1) is 23.2 Å². The first kappa shape index (κ1) is 11.0. The highest BCUT2D eigenvalue weighted by molar-refractivity contribution is 8.03. The second kappa shape index (κ2) is 6.36. The van der Waals surface area contributed by atoms with Gasteiger partial charge in [0.1, 0.15) is 0 Å². The van der Waals surface area contributed by atoms with Gasteiger partial charge in [0.2, 0.25) is 0 Å². The van der Waals surface area contributed by atoms with E-state index in [9.17, 15) is 0 Å². The number of benzene rings is 1. The molecule has 0 amide bonds. The Kier molecular flexibility index (Phi) is 5.37. The van der Waals surface area contributed by atoms with Gasteiger partial charge in [-0.3, -0.25) is 0 Å². The molecule has 0 heterocycles. The molecule has 0 bridgehead atoms. The SMILES string of the molecule is ClC/C=C(/CCl)Sc1ccccc1. The fraction of sp³-hybridized carbons (Fsp3) is 0.200. The van der Waals surface area contributed by atoms with Crippen LogP contribution in [0.1, 0.15) is 0 Å². The van der Waals surface area contributed by atoms with Crippen molar-refractivity contribution in [3.8, 4) is 0 Å². The Morgan fingerprint density at radius 1 is 1.23 bits per heavy atom.